The third kappa shape index (κ3) is 3.13. The molecule has 3 heteroatoms. The van der Waals surface area contributed by atoms with Crippen molar-refractivity contribution in [3.63, 3.8) is 0 Å². The van der Waals surface area contributed by atoms with Crippen LogP contribution in [-0.4, -0.2) is 20.0 Å². The normalized spacial score (nSPS) is 18.4. The number of carbonyl (C=O) groups excluding carboxylic acids is 1. The monoisotopic (exact) mass is 244 g/mol. The summed E-state index contributed by atoms with van der Waals surface area (Å²) in [5, 5.41) is 2.99. The van der Waals surface area contributed by atoms with Crippen LogP contribution in [0.15, 0.2) is 36.4 Å². The van der Waals surface area contributed by atoms with Crippen molar-refractivity contribution in [2.45, 2.75) is 19.3 Å². The van der Waals surface area contributed by atoms with Crippen molar-refractivity contribution < 1.29 is 4.79 Å². The number of nitrogens with zero attached hydrogens (tertiary/aromatic N) is 1. The summed E-state index contributed by atoms with van der Waals surface area (Å²) in [6.45, 7) is 0. The van der Waals surface area contributed by atoms with Crippen molar-refractivity contribution in [1.29, 1.82) is 0 Å². The van der Waals surface area contributed by atoms with Crippen LogP contribution in [0.3, 0.4) is 0 Å². The number of allylic oxidation sites excluding steroid dienone is 2. The molecule has 1 aliphatic rings. The van der Waals surface area contributed by atoms with E-state index in [9.17, 15) is 4.79 Å². The lowest BCUT2D eigenvalue weighted by atomic mass is 9.93. The largest absolute Gasteiger partial charge is 0.378 e. The zero-order chi connectivity index (χ0) is 13.0. The van der Waals surface area contributed by atoms with Crippen LogP contribution in [0.5, 0.6) is 0 Å². The second-order valence-electron chi connectivity index (χ2n) is 4.91. The topological polar surface area (TPSA) is 32.3 Å². The molecular formula is C15H20N2O. The van der Waals surface area contributed by atoms with Crippen molar-refractivity contribution in [3.05, 3.63) is 36.4 Å². The van der Waals surface area contributed by atoms with Crippen LogP contribution in [0.1, 0.15) is 19.3 Å². The van der Waals surface area contributed by atoms with Gasteiger partial charge in [0.1, 0.15) is 0 Å². The lowest BCUT2D eigenvalue weighted by Crippen LogP contribution is -2.23. The summed E-state index contributed by atoms with van der Waals surface area (Å²) in [6, 6.07) is 7.92. The summed E-state index contributed by atoms with van der Waals surface area (Å²) in [5.41, 5.74) is 2.01. The summed E-state index contributed by atoms with van der Waals surface area (Å²) in [6.07, 6.45) is 7.08. The molecule has 0 bridgehead atoms. The molecule has 0 saturated heterocycles. The zero-order valence-electron chi connectivity index (χ0n) is 11.0. The first kappa shape index (κ1) is 12.7. The summed E-state index contributed by atoms with van der Waals surface area (Å²) in [4.78, 5) is 14.1. The Hall–Kier alpha value is -1.77. The highest BCUT2D eigenvalue weighted by Gasteiger charge is 2.18. The van der Waals surface area contributed by atoms with E-state index in [-0.39, 0.29) is 11.8 Å². The van der Waals surface area contributed by atoms with Gasteiger partial charge in [0.25, 0.3) is 0 Å². The quantitative estimate of drug-likeness (QED) is 0.829. The summed E-state index contributed by atoms with van der Waals surface area (Å²) in [5.74, 6) is 0.264. The second-order valence-corrected chi connectivity index (χ2v) is 4.91. The first-order chi connectivity index (χ1) is 8.66. The fourth-order valence-electron chi connectivity index (χ4n) is 2.12. The fraction of sp³-hybridized carbons (Fsp3) is 0.400. The zero-order valence-corrected chi connectivity index (χ0v) is 11.0. The molecule has 1 aromatic rings. The molecule has 3 nitrogen and oxygen atoms in total. The van der Waals surface area contributed by atoms with E-state index in [1.54, 1.807) is 0 Å². The van der Waals surface area contributed by atoms with Gasteiger partial charge in [-0.15, -0.1) is 0 Å². The predicted molar refractivity (Wildman–Crippen MR) is 75.9 cm³/mol. The van der Waals surface area contributed by atoms with E-state index in [1.807, 2.05) is 43.3 Å². The maximum Gasteiger partial charge on any atom is 0.227 e. The Balaban J connectivity index is 1.96. The number of amides is 1. The van der Waals surface area contributed by atoms with Gasteiger partial charge in [0.15, 0.2) is 0 Å². The van der Waals surface area contributed by atoms with Crippen LogP contribution in [0.4, 0.5) is 11.4 Å². The Bertz CT molecular complexity index is 434. The van der Waals surface area contributed by atoms with Gasteiger partial charge in [-0.2, -0.15) is 0 Å². The first-order valence-corrected chi connectivity index (χ1v) is 6.40. The van der Waals surface area contributed by atoms with Crippen molar-refractivity contribution in [1.82, 2.24) is 0 Å². The SMILES string of the molecule is CN(C)c1ccc(NC(=O)[C@H]2CC=CCC2)cc1. The summed E-state index contributed by atoms with van der Waals surface area (Å²) in [7, 11) is 4.00. The van der Waals surface area contributed by atoms with Gasteiger partial charge in [0.2, 0.25) is 5.91 Å². The number of rotatable bonds is 3. The molecule has 0 saturated carbocycles. The van der Waals surface area contributed by atoms with E-state index in [0.29, 0.717) is 0 Å². The standard InChI is InChI=1S/C15H20N2O/c1-17(2)14-10-8-13(9-11-14)16-15(18)12-6-4-3-5-7-12/h3-4,8-12H,5-7H2,1-2H3,(H,16,18)/t12-/m0/s1. The molecule has 0 aliphatic heterocycles. The fourth-order valence-corrected chi connectivity index (χ4v) is 2.12. The summed E-state index contributed by atoms with van der Waals surface area (Å²) < 4.78 is 0. The third-order valence-electron chi connectivity index (χ3n) is 3.29. The highest BCUT2D eigenvalue weighted by atomic mass is 16.1. The lowest BCUT2D eigenvalue weighted by molar-refractivity contribution is -0.120. The molecule has 0 spiro atoms. The lowest BCUT2D eigenvalue weighted by Gasteiger charge is -2.18. The summed E-state index contributed by atoms with van der Waals surface area (Å²) >= 11 is 0. The van der Waals surface area contributed by atoms with Gasteiger partial charge in [0, 0.05) is 31.4 Å². The Morgan fingerprint density at radius 3 is 2.50 bits per heavy atom. The Morgan fingerprint density at radius 1 is 1.22 bits per heavy atom. The van der Waals surface area contributed by atoms with Gasteiger partial charge in [-0.3, -0.25) is 4.79 Å². The number of hydrogen-bond donors (Lipinski definition) is 1. The molecule has 0 heterocycles. The minimum absolute atomic E-state index is 0.128. The molecule has 1 amide bonds. The van der Waals surface area contributed by atoms with Crippen molar-refractivity contribution in [2.75, 3.05) is 24.3 Å². The molecule has 0 unspecified atom stereocenters. The molecule has 0 aromatic heterocycles. The minimum atomic E-state index is 0.128. The highest BCUT2D eigenvalue weighted by molar-refractivity contribution is 5.92. The van der Waals surface area contributed by atoms with Gasteiger partial charge >= 0.3 is 0 Å². The molecule has 0 radical (unpaired) electrons. The molecule has 1 aromatic carbocycles. The van der Waals surface area contributed by atoms with E-state index in [4.69, 9.17) is 0 Å². The second kappa shape index (κ2) is 5.71. The number of benzene rings is 1. The van der Waals surface area contributed by atoms with Gasteiger partial charge < -0.3 is 10.2 Å². The van der Waals surface area contributed by atoms with E-state index in [1.165, 1.54) is 0 Å². The van der Waals surface area contributed by atoms with Crippen LogP contribution >= 0.6 is 0 Å². The molecule has 1 atom stereocenters. The number of anilines is 2. The third-order valence-corrected chi connectivity index (χ3v) is 3.29. The average Bonchev–Trinajstić information content (AvgIpc) is 2.40. The minimum Gasteiger partial charge on any atom is -0.378 e. The Morgan fingerprint density at radius 2 is 1.94 bits per heavy atom. The molecular weight excluding hydrogens is 224 g/mol. The maximum atomic E-state index is 12.0. The van der Waals surface area contributed by atoms with Crippen LogP contribution in [0.25, 0.3) is 0 Å². The number of hydrogen-bond acceptors (Lipinski definition) is 2. The van der Waals surface area contributed by atoms with Crippen molar-refractivity contribution in [3.8, 4) is 0 Å². The van der Waals surface area contributed by atoms with E-state index < -0.39 is 0 Å². The van der Waals surface area contributed by atoms with Crippen molar-refractivity contribution in [2.24, 2.45) is 5.92 Å². The number of carbonyl (C=O) groups is 1. The van der Waals surface area contributed by atoms with E-state index in [0.717, 1.165) is 30.6 Å². The molecule has 18 heavy (non-hydrogen) atoms. The van der Waals surface area contributed by atoms with Crippen LogP contribution in [0.2, 0.25) is 0 Å². The van der Waals surface area contributed by atoms with E-state index >= 15 is 0 Å². The molecule has 1 aliphatic carbocycles. The van der Waals surface area contributed by atoms with Crippen molar-refractivity contribution >= 4 is 17.3 Å². The van der Waals surface area contributed by atoms with Gasteiger partial charge in [-0.25, -0.2) is 0 Å². The molecule has 2 rings (SSSR count). The molecule has 96 valence electrons. The Labute approximate surface area is 108 Å². The predicted octanol–water partition coefficient (Wildman–Crippen LogP) is 3.05. The van der Waals surface area contributed by atoms with Gasteiger partial charge in [0.05, 0.1) is 0 Å². The van der Waals surface area contributed by atoms with E-state index in [2.05, 4.69) is 17.5 Å². The number of nitrogens with one attached hydrogen (secondary N) is 1. The maximum absolute atomic E-state index is 12.0. The Kier molecular flexibility index (Phi) is 4.03. The smallest absolute Gasteiger partial charge is 0.227 e. The van der Waals surface area contributed by atoms with Gasteiger partial charge in [-0.1, -0.05) is 12.2 Å². The average molecular weight is 244 g/mol. The van der Waals surface area contributed by atoms with Crippen LogP contribution < -0.4 is 10.2 Å². The van der Waals surface area contributed by atoms with Crippen LogP contribution in [-0.2, 0) is 4.79 Å². The first-order valence-electron chi connectivity index (χ1n) is 6.40. The van der Waals surface area contributed by atoms with Crippen LogP contribution in [0, 0.1) is 5.92 Å². The molecule has 1 N–H and O–H groups in total. The van der Waals surface area contributed by atoms with Gasteiger partial charge in [-0.05, 0) is 43.5 Å². The molecule has 0 fully saturated rings. The highest BCUT2D eigenvalue weighted by Crippen LogP contribution is 2.21.